The summed E-state index contributed by atoms with van der Waals surface area (Å²) >= 11 is 0. The molecule has 0 spiro atoms. The van der Waals surface area contributed by atoms with Crippen LogP contribution in [0.5, 0.6) is 0 Å². The molecule has 2 bridgehead atoms. The van der Waals surface area contributed by atoms with Gasteiger partial charge in [0.05, 0.1) is 12.6 Å². The minimum Gasteiger partial charge on any atom is -0.393 e. The molecule has 2 saturated heterocycles. The van der Waals surface area contributed by atoms with Crippen molar-refractivity contribution in [3.8, 4) is 0 Å². The summed E-state index contributed by atoms with van der Waals surface area (Å²) in [7, 11) is 0. The standard InChI is InChI=1S/C17H30N2O2/c1-2-18(13-6-4-3-5-7-13)17(21)12-19-14-8-9-15(19)11-16(20)10-14/h13-16,20H,2-12H2,1H3. The van der Waals surface area contributed by atoms with Gasteiger partial charge in [-0.25, -0.2) is 0 Å². The molecule has 3 rings (SSSR count). The van der Waals surface area contributed by atoms with Gasteiger partial charge in [0, 0.05) is 24.7 Å². The lowest BCUT2D eigenvalue weighted by atomic mass is 9.94. The molecule has 21 heavy (non-hydrogen) atoms. The maximum atomic E-state index is 12.8. The zero-order chi connectivity index (χ0) is 14.8. The van der Waals surface area contributed by atoms with Gasteiger partial charge in [0.25, 0.3) is 0 Å². The molecule has 2 heterocycles. The van der Waals surface area contributed by atoms with Crippen LogP contribution in [-0.4, -0.2) is 58.1 Å². The van der Waals surface area contributed by atoms with Crippen molar-refractivity contribution in [2.45, 2.75) is 88.9 Å². The molecule has 0 aromatic carbocycles. The highest BCUT2D eigenvalue weighted by atomic mass is 16.3. The largest absolute Gasteiger partial charge is 0.393 e. The number of carbonyl (C=O) groups excluding carboxylic acids is 1. The Morgan fingerprint density at radius 2 is 1.71 bits per heavy atom. The van der Waals surface area contributed by atoms with Gasteiger partial charge in [-0.05, 0) is 45.4 Å². The summed E-state index contributed by atoms with van der Waals surface area (Å²) in [5.74, 6) is 0.317. The predicted molar refractivity (Wildman–Crippen MR) is 83.0 cm³/mol. The molecule has 4 nitrogen and oxygen atoms in total. The zero-order valence-electron chi connectivity index (χ0n) is 13.3. The van der Waals surface area contributed by atoms with Crippen LogP contribution in [0, 0.1) is 0 Å². The normalized spacial score (nSPS) is 34.1. The molecule has 0 aromatic rings. The van der Waals surface area contributed by atoms with Crippen molar-refractivity contribution in [1.82, 2.24) is 9.80 Å². The maximum Gasteiger partial charge on any atom is 0.237 e. The Kier molecular flexibility index (Phi) is 4.85. The number of rotatable bonds is 4. The minimum atomic E-state index is -0.144. The third kappa shape index (κ3) is 3.26. The summed E-state index contributed by atoms with van der Waals surface area (Å²) in [5.41, 5.74) is 0. The first-order valence-corrected chi connectivity index (χ1v) is 8.92. The summed E-state index contributed by atoms with van der Waals surface area (Å²) in [6.07, 6.45) is 10.1. The lowest BCUT2D eigenvalue weighted by molar-refractivity contribution is -0.137. The molecule has 0 radical (unpaired) electrons. The number of fused-ring (bicyclic) bond motifs is 2. The molecule has 2 unspecified atom stereocenters. The number of aliphatic hydroxyl groups excluding tert-OH is 1. The van der Waals surface area contributed by atoms with Crippen LogP contribution in [0.3, 0.4) is 0 Å². The predicted octanol–water partition coefficient (Wildman–Crippen LogP) is 2.16. The molecular formula is C17H30N2O2. The molecule has 0 aromatic heterocycles. The van der Waals surface area contributed by atoms with Crippen molar-refractivity contribution < 1.29 is 9.90 Å². The lowest BCUT2D eigenvalue weighted by Crippen LogP contribution is -2.51. The van der Waals surface area contributed by atoms with Crippen LogP contribution in [-0.2, 0) is 4.79 Å². The van der Waals surface area contributed by atoms with Gasteiger partial charge in [-0.1, -0.05) is 19.3 Å². The number of aliphatic hydroxyl groups is 1. The van der Waals surface area contributed by atoms with Gasteiger partial charge >= 0.3 is 0 Å². The van der Waals surface area contributed by atoms with Crippen LogP contribution < -0.4 is 0 Å². The zero-order valence-corrected chi connectivity index (χ0v) is 13.3. The summed E-state index contributed by atoms with van der Waals surface area (Å²) < 4.78 is 0. The molecule has 1 saturated carbocycles. The third-order valence-electron chi connectivity index (χ3n) is 5.85. The Balaban J connectivity index is 1.59. The first-order valence-electron chi connectivity index (χ1n) is 8.92. The fraction of sp³-hybridized carbons (Fsp3) is 0.941. The van der Waals surface area contributed by atoms with Crippen LogP contribution in [0.4, 0.5) is 0 Å². The number of carbonyl (C=O) groups is 1. The Morgan fingerprint density at radius 3 is 2.29 bits per heavy atom. The van der Waals surface area contributed by atoms with E-state index in [0.29, 0.717) is 30.6 Å². The number of piperidine rings is 1. The highest BCUT2D eigenvalue weighted by molar-refractivity contribution is 5.78. The molecular weight excluding hydrogens is 264 g/mol. The van der Waals surface area contributed by atoms with Gasteiger partial charge in [0.15, 0.2) is 0 Å². The molecule has 1 amide bonds. The number of amides is 1. The Morgan fingerprint density at radius 1 is 1.10 bits per heavy atom. The van der Waals surface area contributed by atoms with E-state index in [1.54, 1.807) is 0 Å². The molecule has 3 aliphatic rings. The maximum absolute atomic E-state index is 12.8. The van der Waals surface area contributed by atoms with Gasteiger partial charge in [-0.15, -0.1) is 0 Å². The van der Waals surface area contributed by atoms with Gasteiger partial charge in [-0.2, -0.15) is 0 Å². The monoisotopic (exact) mass is 294 g/mol. The second-order valence-corrected chi connectivity index (χ2v) is 7.15. The number of hydrogen-bond acceptors (Lipinski definition) is 3. The average Bonchev–Trinajstić information content (AvgIpc) is 2.72. The average molecular weight is 294 g/mol. The van der Waals surface area contributed by atoms with E-state index in [2.05, 4.69) is 16.7 Å². The molecule has 1 N–H and O–H groups in total. The fourth-order valence-corrected chi connectivity index (χ4v) is 4.78. The van der Waals surface area contributed by atoms with E-state index in [-0.39, 0.29) is 6.10 Å². The van der Waals surface area contributed by atoms with Crippen molar-refractivity contribution in [2.24, 2.45) is 0 Å². The van der Waals surface area contributed by atoms with E-state index >= 15 is 0 Å². The Hall–Kier alpha value is -0.610. The van der Waals surface area contributed by atoms with Crippen LogP contribution in [0.15, 0.2) is 0 Å². The molecule has 2 aliphatic heterocycles. The molecule has 2 atom stereocenters. The minimum absolute atomic E-state index is 0.144. The second-order valence-electron chi connectivity index (χ2n) is 7.15. The van der Waals surface area contributed by atoms with Crippen molar-refractivity contribution >= 4 is 5.91 Å². The highest BCUT2D eigenvalue weighted by Crippen LogP contribution is 2.35. The van der Waals surface area contributed by atoms with E-state index in [9.17, 15) is 9.90 Å². The van der Waals surface area contributed by atoms with Crippen molar-refractivity contribution in [3.63, 3.8) is 0 Å². The van der Waals surface area contributed by atoms with E-state index in [1.165, 1.54) is 32.1 Å². The van der Waals surface area contributed by atoms with Crippen LogP contribution in [0.1, 0.15) is 64.7 Å². The lowest BCUT2D eigenvalue weighted by Gasteiger charge is -2.39. The molecule has 1 aliphatic carbocycles. The summed E-state index contributed by atoms with van der Waals surface area (Å²) in [6, 6.07) is 1.35. The van der Waals surface area contributed by atoms with Gasteiger partial charge in [0.2, 0.25) is 5.91 Å². The molecule has 120 valence electrons. The summed E-state index contributed by atoms with van der Waals surface area (Å²) in [4.78, 5) is 17.3. The smallest absolute Gasteiger partial charge is 0.237 e. The van der Waals surface area contributed by atoms with Gasteiger partial charge < -0.3 is 10.0 Å². The second kappa shape index (κ2) is 6.66. The number of hydrogen-bond donors (Lipinski definition) is 1. The van der Waals surface area contributed by atoms with Gasteiger partial charge in [0.1, 0.15) is 0 Å². The van der Waals surface area contributed by atoms with Crippen molar-refractivity contribution in [2.75, 3.05) is 13.1 Å². The quantitative estimate of drug-likeness (QED) is 0.864. The highest BCUT2D eigenvalue weighted by Gasteiger charge is 2.41. The Labute approximate surface area is 128 Å². The summed E-state index contributed by atoms with van der Waals surface area (Å²) in [5, 5.41) is 9.88. The first kappa shape index (κ1) is 15.3. The van der Waals surface area contributed by atoms with Gasteiger partial charge in [-0.3, -0.25) is 9.69 Å². The van der Waals surface area contributed by atoms with E-state index in [0.717, 1.165) is 32.2 Å². The number of nitrogens with zero attached hydrogens (tertiary/aromatic N) is 2. The SMILES string of the molecule is CCN(C(=O)CN1C2CCC1CC(O)C2)C1CCCCC1. The fourth-order valence-electron chi connectivity index (χ4n) is 4.78. The molecule has 3 fully saturated rings. The Bertz CT molecular complexity index is 354. The van der Waals surface area contributed by atoms with E-state index in [4.69, 9.17) is 0 Å². The van der Waals surface area contributed by atoms with Crippen molar-refractivity contribution in [3.05, 3.63) is 0 Å². The summed E-state index contributed by atoms with van der Waals surface area (Å²) in [6.45, 7) is 3.53. The topological polar surface area (TPSA) is 43.8 Å². The number of likely N-dealkylation sites (N-methyl/N-ethyl adjacent to an activating group) is 1. The van der Waals surface area contributed by atoms with Crippen molar-refractivity contribution in [1.29, 1.82) is 0 Å². The first-order chi connectivity index (χ1) is 10.2. The van der Waals surface area contributed by atoms with E-state index < -0.39 is 0 Å². The van der Waals surface area contributed by atoms with Crippen LogP contribution in [0.25, 0.3) is 0 Å². The van der Waals surface area contributed by atoms with Crippen LogP contribution >= 0.6 is 0 Å². The van der Waals surface area contributed by atoms with Crippen LogP contribution in [0.2, 0.25) is 0 Å². The molecule has 4 heteroatoms. The van der Waals surface area contributed by atoms with E-state index in [1.807, 2.05) is 0 Å². The third-order valence-corrected chi connectivity index (χ3v) is 5.85.